The number of halogens is 1. The Hall–Kier alpha value is -1.85. The van der Waals surface area contributed by atoms with Gasteiger partial charge in [-0.3, -0.25) is 0 Å². The van der Waals surface area contributed by atoms with E-state index in [0.717, 1.165) is 0 Å². The van der Waals surface area contributed by atoms with Crippen molar-refractivity contribution in [1.82, 2.24) is 5.32 Å². The van der Waals surface area contributed by atoms with Crippen molar-refractivity contribution < 1.29 is 23.8 Å². The zero-order valence-electron chi connectivity index (χ0n) is 8.04. The van der Waals surface area contributed by atoms with E-state index < -0.39 is 18.6 Å². The Morgan fingerprint density at radius 1 is 1.67 bits per heavy atom. The number of dihydropyridines is 1. The number of esters is 1. The smallest absolute Gasteiger partial charge is 0.335 e. The third kappa shape index (κ3) is 2.34. The number of hydrogen-bond donors (Lipinski definition) is 2. The van der Waals surface area contributed by atoms with Gasteiger partial charge in [-0.25, -0.2) is 14.0 Å². The van der Waals surface area contributed by atoms with E-state index in [2.05, 4.69) is 10.1 Å². The van der Waals surface area contributed by atoms with Crippen molar-refractivity contribution in [2.45, 2.75) is 6.42 Å². The lowest BCUT2D eigenvalue weighted by molar-refractivity contribution is -0.136. The second-order valence-electron chi connectivity index (χ2n) is 2.88. The molecule has 0 fully saturated rings. The predicted molar refractivity (Wildman–Crippen MR) is 48.5 cm³/mol. The Balaban J connectivity index is 2.89. The molecule has 0 bridgehead atoms. The van der Waals surface area contributed by atoms with Crippen LogP contribution in [0.15, 0.2) is 23.0 Å². The molecular formula is C9H10FNO4. The van der Waals surface area contributed by atoms with Gasteiger partial charge in [-0.1, -0.05) is 0 Å². The van der Waals surface area contributed by atoms with Crippen LogP contribution in [0.5, 0.6) is 0 Å². The number of methoxy groups -OCH3 is 1. The summed E-state index contributed by atoms with van der Waals surface area (Å²) in [6.45, 7) is -0.910. The molecule has 15 heavy (non-hydrogen) atoms. The van der Waals surface area contributed by atoms with Crippen molar-refractivity contribution in [2.75, 3.05) is 13.8 Å². The summed E-state index contributed by atoms with van der Waals surface area (Å²) >= 11 is 0. The molecule has 0 aliphatic carbocycles. The highest BCUT2D eigenvalue weighted by Crippen LogP contribution is 2.20. The molecule has 0 spiro atoms. The van der Waals surface area contributed by atoms with Crippen LogP contribution in [0, 0.1) is 0 Å². The lowest BCUT2D eigenvalue weighted by atomic mass is 10.0. The average Bonchev–Trinajstić information content (AvgIpc) is 2.27. The summed E-state index contributed by atoms with van der Waals surface area (Å²) in [5.74, 6) is -1.87. The van der Waals surface area contributed by atoms with Crippen LogP contribution < -0.4 is 5.32 Å². The highest BCUT2D eigenvalue weighted by atomic mass is 19.1. The zero-order valence-corrected chi connectivity index (χ0v) is 8.04. The molecule has 0 atom stereocenters. The van der Waals surface area contributed by atoms with Crippen LogP contribution in [-0.2, 0) is 14.3 Å². The van der Waals surface area contributed by atoms with E-state index in [1.807, 2.05) is 0 Å². The van der Waals surface area contributed by atoms with Crippen LogP contribution in [0.4, 0.5) is 4.39 Å². The van der Waals surface area contributed by atoms with Gasteiger partial charge in [0.15, 0.2) is 0 Å². The Morgan fingerprint density at radius 2 is 2.33 bits per heavy atom. The maximum absolute atomic E-state index is 12.4. The summed E-state index contributed by atoms with van der Waals surface area (Å²) in [7, 11) is 1.19. The number of hydrogen-bond acceptors (Lipinski definition) is 4. The summed E-state index contributed by atoms with van der Waals surface area (Å²) in [5, 5.41) is 11.2. The third-order valence-electron chi connectivity index (χ3n) is 1.99. The number of aliphatic carboxylic acids is 1. The number of ether oxygens (including phenoxy) is 1. The number of carbonyl (C=O) groups excluding carboxylic acids is 1. The standard InChI is InChI=1S/C9H10FNO4/c1-15-9(14)5-2-6(8(12)13)7(3-10)11-4-5/h4,11H,2-3H2,1H3,(H,12,13). The lowest BCUT2D eigenvalue weighted by Crippen LogP contribution is -2.23. The Bertz CT molecular complexity index is 359. The van der Waals surface area contributed by atoms with Gasteiger partial charge < -0.3 is 15.2 Å². The highest BCUT2D eigenvalue weighted by molar-refractivity contribution is 5.95. The molecule has 0 saturated carbocycles. The number of alkyl halides is 1. The van der Waals surface area contributed by atoms with Crippen LogP contribution in [0.3, 0.4) is 0 Å². The van der Waals surface area contributed by atoms with Crippen LogP contribution in [0.2, 0.25) is 0 Å². The Labute approximate surface area is 85.2 Å². The van der Waals surface area contributed by atoms with Crippen molar-refractivity contribution in [1.29, 1.82) is 0 Å². The Kier molecular flexibility index (Phi) is 3.43. The normalized spacial score (nSPS) is 15.5. The fourth-order valence-corrected chi connectivity index (χ4v) is 1.20. The van der Waals surface area contributed by atoms with Crippen molar-refractivity contribution in [3.63, 3.8) is 0 Å². The van der Waals surface area contributed by atoms with Crippen molar-refractivity contribution >= 4 is 11.9 Å². The molecule has 0 unspecified atom stereocenters. The van der Waals surface area contributed by atoms with E-state index in [1.54, 1.807) is 0 Å². The molecule has 0 aromatic rings. The molecule has 0 aromatic heterocycles. The molecule has 1 heterocycles. The molecule has 0 saturated heterocycles. The summed E-state index contributed by atoms with van der Waals surface area (Å²) in [6.07, 6.45) is 1.13. The number of allylic oxidation sites excluding steroid dienone is 1. The van der Waals surface area contributed by atoms with Crippen LogP contribution in [0.1, 0.15) is 6.42 Å². The first-order chi connectivity index (χ1) is 7.10. The van der Waals surface area contributed by atoms with Gasteiger partial charge in [0, 0.05) is 12.6 Å². The quantitative estimate of drug-likeness (QED) is 0.664. The van der Waals surface area contributed by atoms with E-state index in [1.165, 1.54) is 13.3 Å². The molecule has 5 nitrogen and oxygen atoms in total. The van der Waals surface area contributed by atoms with Crippen LogP contribution in [0.25, 0.3) is 0 Å². The second-order valence-corrected chi connectivity index (χ2v) is 2.88. The summed E-state index contributed by atoms with van der Waals surface area (Å²) < 4.78 is 16.8. The number of rotatable bonds is 3. The first-order valence-corrected chi connectivity index (χ1v) is 4.15. The maximum Gasteiger partial charge on any atom is 0.335 e. The molecule has 0 aromatic carbocycles. The van der Waals surface area contributed by atoms with Gasteiger partial charge in [-0.15, -0.1) is 0 Å². The molecule has 0 amide bonds. The molecule has 1 aliphatic rings. The van der Waals surface area contributed by atoms with Gasteiger partial charge >= 0.3 is 11.9 Å². The summed E-state index contributed by atoms with van der Waals surface area (Å²) in [6, 6.07) is 0. The second kappa shape index (κ2) is 4.59. The fraction of sp³-hybridized carbons (Fsp3) is 0.333. The third-order valence-corrected chi connectivity index (χ3v) is 1.99. The largest absolute Gasteiger partial charge is 0.478 e. The fourth-order valence-electron chi connectivity index (χ4n) is 1.20. The first-order valence-electron chi connectivity index (χ1n) is 4.15. The van der Waals surface area contributed by atoms with Crippen LogP contribution >= 0.6 is 0 Å². The topological polar surface area (TPSA) is 75.6 Å². The summed E-state index contributed by atoms with van der Waals surface area (Å²) in [4.78, 5) is 21.8. The minimum Gasteiger partial charge on any atom is -0.478 e. The van der Waals surface area contributed by atoms with Gasteiger partial charge in [0.1, 0.15) is 6.67 Å². The van der Waals surface area contributed by atoms with E-state index in [4.69, 9.17) is 5.11 Å². The minimum absolute atomic E-state index is 0.0323. The zero-order chi connectivity index (χ0) is 11.4. The highest BCUT2D eigenvalue weighted by Gasteiger charge is 2.23. The average molecular weight is 215 g/mol. The number of carboxylic acids is 1. The molecule has 1 aliphatic heterocycles. The predicted octanol–water partition coefficient (Wildman–Crippen LogP) is 0.345. The molecular weight excluding hydrogens is 205 g/mol. The van der Waals surface area contributed by atoms with Gasteiger partial charge in [0.25, 0.3) is 0 Å². The van der Waals surface area contributed by atoms with E-state index in [-0.39, 0.29) is 23.3 Å². The number of nitrogens with one attached hydrogen (secondary N) is 1. The lowest BCUT2D eigenvalue weighted by Gasteiger charge is -2.16. The SMILES string of the molecule is COC(=O)C1=CNC(CF)=C(C(=O)O)C1. The number of carbonyl (C=O) groups is 2. The van der Waals surface area contributed by atoms with Gasteiger partial charge in [-0.05, 0) is 0 Å². The molecule has 6 heteroatoms. The maximum atomic E-state index is 12.4. The molecule has 2 N–H and O–H groups in total. The first kappa shape index (κ1) is 11.2. The van der Waals surface area contributed by atoms with Crippen molar-refractivity contribution in [2.24, 2.45) is 0 Å². The molecule has 82 valence electrons. The van der Waals surface area contributed by atoms with Gasteiger partial charge in [0.2, 0.25) is 0 Å². The Morgan fingerprint density at radius 3 is 2.80 bits per heavy atom. The van der Waals surface area contributed by atoms with E-state index >= 15 is 0 Å². The van der Waals surface area contributed by atoms with Crippen molar-refractivity contribution in [3.8, 4) is 0 Å². The monoisotopic (exact) mass is 215 g/mol. The molecule has 0 radical (unpaired) electrons. The van der Waals surface area contributed by atoms with Crippen molar-refractivity contribution in [3.05, 3.63) is 23.0 Å². The van der Waals surface area contributed by atoms with Gasteiger partial charge in [-0.2, -0.15) is 0 Å². The molecule has 1 rings (SSSR count). The van der Waals surface area contributed by atoms with E-state index in [9.17, 15) is 14.0 Å². The van der Waals surface area contributed by atoms with Crippen LogP contribution in [-0.4, -0.2) is 30.8 Å². The minimum atomic E-state index is -1.25. The van der Waals surface area contributed by atoms with Gasteiger partial charge in [0.05, 0.1) is 24.0 Å². The number of carboxylic acid groups (broad SMARTS) is 1. The summed E-state index contributed by atoms with van der Waals surface area (Å²) in [5.41, 5.74) is -0.0253. The van der Waals surface area contributed by atoms with E-state index in [0.29, 0.717) is 0 Å².